The number of carbonyl (C=O) groups excluding carboxylic acids is 3. The van der Waals surface area contributed by atoms with Crippen LogP contribution in [0.25, 0.3) is 0 Å². The Balaban J connectivity index is 1.64. The molecule has 1 aromatic carbocycles. The zero-order valence-corrected chi connectivity index (χ0v) is 15.3. The number of carbonyl (C=O) groups is 3. The molecule has 1 heterocycles. The molecule has 4 amide bonds. The molecule has 1 aromatic rings. The van der Waals surface area contributed by atoms with E-state index in [2.05, 4.69) is 10.6 Å². The second-order valence-electron chi connectivity index (χ2n) is 7.25. The largest absolute Gasteiger partial charge is 0.354 e. The molecule has 1 atom stereocenters. The van der Waals surface area contributed by atoms with E-state index in [1.165, 1.54) is 19.3 Å². The topological polar surface area (TPSA) is 78.5 Å². The minimum atomic E-state index is -1.08. The summed E-state index contributed by atoms with van der Waals surface area (Å²) in [7, 11) is 0. The minimum Gasteiger partial charge on any atom is -0.354 e. The molecule has 3 rings (SSSR count). The molecule has 6 heteroatoms. The maximum atomic E-state index is 13.0. The van der Waals surface area contributed by atoms with Crippen molar-refractivity contribution in [3.63, 3.8) is 0 Å². The van der Waals surface area contributed by atoms with Gasteiger partial charge in [-0.15, -0.1) is 0 Å². The molecule has 2 aliphatic rings. The number of imide groups is 1. The third-order valence-electron chi connectivity index (χ3n) is 5.59. The van der Waals surface area contributed by atoms with Gasteiger partial charge in [0.1, 0.15) is 12.1 Å². The van der Waals surface area contributed by atoms with E-state index in [1.807, 2.05) is 37.3 Å². The molecule has 1 saturated heterocycles. The first kappa shape index (κ1) is 18.4. The van der Waals surface area contributed by atoms with Gasteiger partial charge in [0.05, 0.1) is 0 Å². The van der Waals surface area contributed by atoms with Gasteiger partial charge < -0.3 is 10.6 Å². The summed E-state index contributed by atoms with van der Waals surface area (Å²) in [4.78, 5) is 38.7. The summed E-state index contributed by atoms with van der Waals surface area (Å²) in [6.07, 6.45) is 6.40. The van der Waals surface area contributed by atoms with Crippen LogP contribution in [0.3, 0.4) is 0 Å². The molecule has 0 bridgehead atoms. The summed E-state index contributed by atoms with van der Waals surface area (Å²) in [6, 6.07) is 8.69. The van der Waals surface area contributed by atoms with E-state index >= 15 is 0 Å². The molecule has 6 nitrogen and oxygen atoms in total. The lowest BCUT2D eigenvalue weighted by Gasteiger charge is -2.25. The van der Waals surface area contributed by atoms with Crippen molar-refractivity contribution in [3.05, 3.63) is 35.9 Å². The number of nitrogens with zero attached hydrogens (tertiary/aromatic N) is 1. The summed E-state index contributed by atoms with van der Waals surface area (Å²) in [5.41, 5.74) is -0.340. The zero-order valence-electron chi connectivity index (χ0n) is 15.3. The number of urea groups is 1. The van der Waals surface area contributed by atoms with E-state index in [-0.39, 0.29) is 18.4 Å². The summed E-state index contributed by atoms with van der Waals surface area (Å²) in [6.45, 7) is 2.25. The van der Waals surface area contributed by atoms with Crippen LogP contribution >= 0.6 is 0 Å². The summed E-state index contributed by atoms with van der Waals surface area (Å²) >= 11 is 0. The highest BCUT2D eigenvalue weighted by Crippen LogP contribution is 2.32. The molecule has 1 aliphatic carbocycles. The van der Waals surface area contributed by atoms with Crippen LogP contribution in [-0.4, -0.2) is 35.8 Å². The van der Waals surface area contributed by atoms with Gasteiger partial charge >= 0.3 is 6.03 Å². The van der Waals surface area contributed by atoms with Crippen molar-refractivity contribution >= 4 is 17.8 Å². The highest BCUT2D eigenvalue weighted by Gasteiger charge is 2.51. The fraction of sp³-hybridized carbons (Fsp3) is 0.550. The fourth-order valence-electron chi connectivity index (χ4n) is 3.98. The third-order valence-corrected chi connectivity index (χ3v) is 5.59. The van der Waals surface area contributed by atoms with Gasteiger partial charge in [0, 0.05) is 6.54 Å². The van der Waals surface area contributed by atoms with Gasteiger partial charge in [-0.2, -0.15) is 0 Å². The molecule has 1 saturated carbocycles. The predicted octanol–water partition coefficient (Wildman–Crippen LogP) is 2.54. The molecular formula is C20H27N3O3. The van der Waals surface area contributed by atoms with Gasteiger partial charge in [0.25, 0.3) is 5.91 Å². The van der Waals surface area contributed by atoms with E-state index in [9.17, 15) is 14.4 Å². The van der Waals surface area contributed by atoms with E-state index < -0.39 is 11.6 Å². The van der Waals surface area contributed by atoms with Crippen LogP contribution < -0.4 is 10.6 Å². The lowest BCUT2D eigenvalue weighted by atomic mass is 9.87. The van der Waals surface area contributed by atoms with Crippen molar-refractivity contribution in [1.29, 1.82) is 0 Å². The molecule has 2 N–H and O–H groups in total. The van der Waals surface area contributed by atoms with Crippen molar-refractivity contribution in [2.24, 2.45) is 5.92 Å². The first-order valence-electron chi connectivity index (χ1n) is 9.53. The number of nitrogens with one attached hydrogen (secondary N) is 2. The van der Waals surface area contributed by atoms with Gasteiger partial charge in [0.2, 0.25) is 5.91 Å². The lowest BCUT2D eigenvalue weighted by molar-refractivity contribution is -0.135. The number of rotatable bonds is 6. The van der Waals surface area contributed by atoms with Crippen molar-refractivity contribution in [1.82, 2.24) is 15.5 Å². The van der Waals surface area contributed by atoms with Gasteiger partial charge in [-0.1, -0.05) is 56.5 Å². The average Bonchev–Trinajstić information content (AvgIpc) is 2.93. The van der Waals surface area contributed by atoms with Crippen molar-refractivity contribution in [3.8, 4) is 0 Å². The Labute approximate surface area is 154 Å². The van der Waals surface area contributed by atoms with Crippen LogP contribution in [0.4, 0.5) is 4.79 Å². The normalized spacial score (nSPS) is 23.8. The van der Waals surface area contributed by atoms with E-state index in [0.29, 0.717) is 18.9 Å². The molecule has 0 unspecified atom stereocenters. The Morgan fingerprint density at radius 1 is 1.19 bits per heavy atom. The van der Waals surface area contributed by atoms with Crippen LogP contribution in [0.15, 0.2) is 30.3 Å². The third kappa shape index (κ3) is 3.59. The summed E-state index contributed by atoms with van der Waals surface area (Å²) < 4.78 is 0. The average molecular weight is 357 g/mol. The first-order chi connectivity index (χ1) is 12.6. The van der Waals surface area contributed by atoms with Crippen LogP contribution in [0.5, 0.6) is 0 Å². The van der Waals surface area contributed by atoms with Crippen molar-refractivity contribution in [2.45, 2.75) is 51.0 Å². The molecule has 26 heavy (non-hydrogen) atoms. The Kier molecular flexibility index (Phi) is 5.59. The Hall–Kier alpha value is -2.37. The molecule has 0 radical (unpaired) electrons. The van der Waals surface area contributed by atoms with Crippen molar-refractivity contribution < 1.29 is 14.4 Å². The number of benzene rings is 1. The summed E-state index contributed by atoms with van der Waals surface area (Å²) in [5.74, 6) is -0.127. The Morgan fingerprint density at radius 3 is 2.54 bits per heavy atom. The molecule has 140 valence electrons. The van der Waals surface area contributed by atoms with Gasteiger partial charge in [-0.3, -0.25) is 14.5 Å². The van der Waals surface area contributed by atoms with E-state index in [4.69, 9.17) is 0 Å². The lowest BCUT2D eigenvalue weighted by Crippen LogP contribution is -2.45. The van der Waals surface area contributed by atoms with E-state index in [0.717, 1.165) is 23.3 Å². The number of hydrogen-bond acceptors (Lipinski definition) is 3. The van der Waals surface area contributed by atoms with Gasteiger partial charge in [-0.05, 0) is 30.7 Å². The zero-order chi connectivity index (χ0) is 18.6. The molecule has 2 fully saturated rings. The van der Waals surface area contributed by atoms with Crippen LogP contribution in [0.1, 0.15) is 51.0 Å². The second kappa shape index (κ2) is 7.89. The molecule has 0 spiro atoms. The second-order valence-corrected chi connectivity index (χ2v) is 7.25. The SMILES string of the molecule is CC[C@]1(c2ccccc2)NC(=O)N(CC(=O)NCC2CCCCC2)C1=O. The maximum absolute atomic E-state index is 13.0. The number of amides is 4. The standard InChI is InChI=1S/C20H27N3O3/c1-2-20(16-11-7-4-8-12-16)18(25)23(19(26)22-20)14-17(24)21-13-15-9-5-3-6-10-15/h4,7-8,11-12,15H,2-3,5-6,9-10,13-14H2,1H3,(H,21,24)(H,22,26)/t20-/m1/s1. The first-order valence-corrected chi connectivity index (χ1v) is 9.53. The van der Waals surface area contributed by atoms with Crippen LogP contribution in [0.2, 0.25) is 0 Å². The number of hydrogen-bond donors (Lipinski definition) is 2. The van der Waals surface area contributed by atoms with Gasteiger partial charge in [0.15, 0.2) is 0 Å². The van der Waals surface area contributed by atoms with Crippen LogP contribution in [-0.2, 0) is 15.1 Å². The maximum Gasteiger partial charge on any atom is 0.325 e. The highest BCUT2D eigenvalue weighted by molar-refractivity contribution is 6.09. The Morgan fingerprint density at radius 2 is 1.88 bits per heavy atom. The van der Waals surface area contributed by atoms with E-state index in [1.54, 1.807) is 0 Å². The minimum absolute atomic E-state index is 0.230. The monoisotopic (exact) mass is 357 g/mol. The van der Waals surface area contributed by atoms with Crippen LogP contribution in [0, 0.1) is 5.92 Å². The summed E-state index contributed by atoms with van der Waals surface area (Å²) in [5, 5.41) is 5.69. The molecular weight excluding hydrogens is 330 g/mol. The predicted molar refractivity (Wildman–Crippen MR) is 98.2 cm³/mol. The van der Waals surface area contributed by atoms with Gasteiger partial charge in [-0.25, -0.2) is 4.79 Å². The molecule has 1 aliphatic heterocycles. The highest BCUT2D eigenvalue weighted by atomic mass is 16.2. The van der Waals surface area contributed by atoms with Crippen molar-refractivity contribution in [2.75, 3.05) is 13.1 Å². The quantitative estimate of drug-likeness (QED) is 0.768. The Bertz CT molecular complexity index is 670. The fourth-order valence-corrected chi connectivity index (χ4v) is 3.98. The smallest absolute Gasteiger partial charge is 0.325 e. The molecule has 0 aromatic heterocycles.